The van der Waals surface area contributed by atoms with Crippen molar-refractivity contribution in [3.05, 3.63) is 53.3 Å². The number of carbonyl (C=O) groups is 2. The molecule has 0 saturated carbocycles. The molecule has 1 aromatic heterocycles. The van der Waals surface area contributed by atoms with Gasteiger partial charge < -0.3 is 20.1 Å². The van der Waals surface area contributed by atoms with Crippen molar-refractivity contribution >= 4 is 11.8 Å². The van der Waals surface area contributed by atoms with E-state index in [2.05, 4.69) is 15.6 Å². The monoisotopic (exact) mass is 371 g/mol. The van der Waals surface area contributed by atoms with E-state index >= 15 is 0 Å². The van der Waals surface area contributed by atoms with Crippen LogP contribution < -0.4 is 20.1 Å². The second kappa shape index (κ2) is 10.2. The molecule has 7 heteroatoms. The Hall–Kier alpha value is -3.09. The molecule has 0 aliphatic carbocycles. The lowest BCUT2D eigenvalue weighted by Gasteiger charge is -2.10. The zero-order chi connectivity index (χ0) is 19.6. The molecule has 0 atom stereocenters. The molecule has 7 nitrogen and oxygen atoms in total. The van der Waals surface area contributed by atoms with E-state index in [4.69, 9.17) is 9.47 Å². The van der Waals surface area contributed by atoms with Gasteiger partial charge in [-0.25, -0.2) is 0 Å². The third-order valence-electron chi connectivity index (χ3n) is 3.94. The maximum absolute atomic E-state index is 12.3. The van der Waals surface area contributed by atoms with Gasteiger partial charge >= 0.3 is 0 Å². The van der Waals surface area contributed by atoms with E-state index in [-0.39, 0.29) is 17.5 Å². The van der Waals surface area contributed by atoms with Crippen molar-refractivity contribution in [1.29, 1.82) is 0 Å². The van der Waals surface area contributed by atoms with Crippen LogP contribution in [0.25, 0.3) is 0 Å². The standard InChI is InChI=1S/C20H25N3O4/c1-4-9-22-20(25)16-13-15(8-11-21-16)19(24)23-10-7-14-5-6-17(26-2)18(12-14)27-3/h5-6,8,11-13H,4,7,9-10H2,1-3H3,(H,22,25)(H,23,24). The van der Waals surface area contributed by atoms with E-state index in [0.29, 0.717) is 36.6 Å². The molecule has 1 aromatic carbocycles. The smallest absolute Gasteiger partial charge is 0.269 e. The fourth-order valence-electron chi connectivity index (χ4n) is 2.48. The molecule has 2 rings (SSSR count). The lowest BCUT2D eigenvalue weighted by molar-refractivity contribution is 0.0948. The fraction of sp³-hybridized carbons (Fsp3) is 0.350. The average molecular weight is 371 g/mol. The highest BCUT2D eigenvalue weighted by Gasteiger charge is 2.11. The quantitative estimate of drug-likeness (QED) is 0.705. The molecular weight excluding hydrogens is 346 g/mol. The van der Waals surface area contributed by atoms with Crippen molar-refractivity contribution in [3.63, 3.8) is 0 Å². The molecule has 2 amide bonds. The molecule has 2 N–H and O–H groups in total. The van der Waals surface area contributed by atoms with E-state index < -0.39 is 0 Å². The number of benzene rings is 1. The maximum Gasteiger partial charge on any atom is 0.269 e. The second-order valence-electron chi connectivity index (χ2n) is 5.88. The van der Waals surface area contributed by atoms with Crippen molar-refractivity contribution in [2.24, 2.45) is 0 Å². The van der Waals surface area contributed by atoms with Crippen LogP contribution in [0.15, 0.2) is 36.5 Å². The van der Waals surface area contributed by atoms with Crippen LogP contribution in [0.4, 0.5) is 0 Å². The third kappa shape index (κ3) is 5.70. The number of methoxy groups -OCH3 is 2. The predicted octanol–water partition coefficient (Wildman–Crippen LogP) is 2.21. The Morgan fingerprint density at radius 2 is 1.70 bits per heavy atom. The van der Waals surface area contributed by atoms with Crippen molar-refractivity contribution in [2.75, 3.05) is 27.3 Å². The summed E-state index contributed by atoms with van der Waals surface area (Å²) in [6.45, 7) is 2.99. The van der Waals surface area contributed by atoms with Gasteiger partial charge in [0.2, 0.25) is 0 Å². The number of rotatable bonds is 9. The summed E-state index contributed by atoms with van der Waals surface area (Å²) in [5, 5.41) is 5.60. The first-order valence-corrected chi connectivity index (χ1v) is 8.82. The Bertz CT molecular complexity index is 793. The number of nitrogens with one attached hydrogen (secondary N) is 2. The summed E-state index contributed by atoms with van der Waals surface area (Å²) >= 11 is 0. The van der Waals surface area contributed by atoms with Crippen LogP contribution in [0, 0.1) is 0 Å². The molecule has 0 radical (unpaired) electrons. The number of amides is 2. The van der Waals surface area contributed by atoms with Crippen LogP contribution in [-0.2, 0) is 6.42 Å². The van der Waals surface area contributed by atoms with Crippen LogP contribution in [0.5, 0.6) is 11.5 Å². The zero-order valence-electron chi connectivity index (χ0n) is 15.9. The summed E-state index contributed by atoms with van der Waals surface area (Å²) in [5.41, 5.74) is 1.65. The molecule has 144 valence electrons. The van der Waals surface area contributed by atoms with Crippen LogP contribution in [0.1, 0.15) is 39.8 Å². The van der Waals surface area contributed by atoms with Gasteiger partial charge in [-0.2, -0.15) is 0 Å². The number of hydrogen-bond donors (Lipinski definition) is 2. The molecular formula is C20H25N3O4. The van der Waals surface area contributed by atoms with Gasteiger partial charge in [-0.05, 0) is 42.7 Å². The normalized spacial score (nSPS) is 10.2. The van der Waals surface area contributed by atoms with Crippen molar-refractivity contribution in [3.8, 4) is 11.5 Å². The molecule has 0 bridgehead atoms. The Labute approximate surface area is 159 Å². The highest BCUT2D eigenvalue weighted by molar-refractivity contribution is 5.98. The minimum absolute atomic E-state index is 0.232. The Morgan fingerprint density at radius 3 is 2.41 bits per heavy atom. The van der Waals surface area contributed by atoms with E-state index in [9.17, 15) is 9.59 Å². The average Bonchev–Trinajstić information content (AvgIpc) is 2.71. The third-order valence-corrected chi connectivity index (χ3v) is 3.94. The predicted molar refractivity (Wildman–Crippen MR) is 102 cm³/mol. The van der Waals surface area contributed by atoms with Crippen molar-refractivity contribution < 1.29 is 19.1 Å². The summed E-state index contributed by atoms with van der Waals surface area (Å²) in [4.78, 5) is 28.3. The number of pyridine rings is 1. The van der Waals surface area contributed by atoms with Gasteiger partial charge in [-0.1, -0.05) is 13.0 Å². The van der Waals surface area contributed by atoms with E-state index in [1.807, 2.05) is 25.1 Å². The lowest BCUT2D eigenvalue weighted by atomic mass is 10.1. The molecule has 27 heavy (non-hydrogen) atoms. The summed E-state index contributed by atoms with van der Waals surface area (Å²) in [6, 6.07) is 8.73. The number of nitrogens with zero attached hydrogens (tertiary/aromatic N) is 1. The van der Waals surface area contributed by atoms with Gasteiger partial charge in [0.25, 0.3) is 11.8 Å². The summed E-state index contributed by atoms with van der Waals surface area (Å²) in [6.07, 6.45) is 2.94. The number of carbonyl (C=O) groups excluding carboxylic acids is 2. The van der Waals surface area contributed by atoms with Crippen LogP contribution in [0.3, 0.4) is 0 Å². The molecule has 0 unspecified atom stereocenters. The number of hydrogen-bond acceptors (Lipinski definition) is 5. The fourth-order valence-corrected chi connectivity index (χ4v) is 2.48. The summed E-state index contributed by atoms with van der Waals surface area (Å²) in [5.74, 6) is 0.786. The van der Waals surface area contributed by atoms with Gasteiger partial charge in [0, 0.05) is 24.8 Å². The van der Waals surface area contributed by atoms with Crippen molar-refractivity contribution in [2.45, 2.75) is 19.8 Å². The molecule has 0 aliphatic rings. The highest BCUT2D eigenvalue weighted by Crippen LogP contribution is 2.27. The number of aromatic nitrogens is 1. The minimum atomic E-state index is -0.281. The topological polar surface area (TPSA) is 89.6 Å². The first-order valence-electron chi connectivity index (χ1n) is 8.82. The van der Waals surface area contributed by atoms with E-state index in [1.165, 1.54) is 12.3 Å². The van der Waals surface area contributed by atoms with Crippen LogP contribution >= 0.6 is 0 Å². The Morgan fingerprint density at radius 1 is 0.963 bits per heavy atom. The first kappa shape index (κ1) is 20.2. The van der Waals surface area contributed by atoms with E-state index in [1.54, 1.807) is 20.3 Å². The highest BCUT2D eigenvalue weighted by atomic mass is 16.5. The van der Waals surface area contributed by atoms with Crippen molar-refractivity contribution in [1.82, 2.24) is 15.6 Å². The zero-order valence-corrected chi connectivity index (χ0v) is 15.9. The first-order chi connectivity index (χ1) is 13.1. The van der Waals surface area contributed by atoms with Gasteiger partial charge in [-0.15, -0.1) is 0 Å². The van der Waals surface area contributed by atoms with Crippen LogP contribution in [-0.4, -0.2) is 44.1 Å². The van der Waals surface area contributed by atoms with E-state index in [0.717, 1.165) is 12.0 Å². The lowest BCUT2D eigenvalue weighted by Crippen LogP contribution is -2.28. The summed E-state index contributed by atoms with van der Waals surface area (Å²) in [7, 11) is 3.17. The molecule has 0 saturated heterocycles. The van der Waals surface area contributed by atoms with Crippen LogP contribution in [0.2, 0.25) is 0 Å². The molecule has 2 aromatic rings. The SMILES string of the molecule is CCCNC(=O)c1cc(C(=O)NCCc2ccc(OC)c(OC)c2)ccn1. The maximum atomic E-state index is 12.3. The van der Waals surface area contributed by atoms with Gasteiger partial charge in [-0.3, -0.25) is 14.6 Å². The second-order valence-corrected chi connectivity index (χ2v) is 5.88. The summed E-state index contributed by atoms with van der Waals surface area (Å²) < 4.78 is 10.5. The largest absolute Gasteiger partial charge is 0.493 e. The molecule has 1 heterocycles. The van der Waals surface area contributed by atoms with Gasteiger partial charge in [0.05, 0.1) is 14.2 Å². The Kier molecular flexibility index (Phi) is 7.61. The Balaban J connectivity index is 1.93. The minimum Gasteiger partial charge on any atom is -0.493 e. The van der Waals surface area contributed by atoms with Gasteiger partial charge in [0.15, 0.2) is 11.5 Å². The molecule has 0 aliphatic heterocycles. The number of ether oxygens (including phenoxy) is 2. The van der Waals surface area contributed by atoms with Gasteiger partial charge in [0.1, 0.15) is 5.69 Å². The molecule has 0 spiro atoms. The molecule has 0 fully saturated rings.